The Bertz CT molecular complexity index is 268. The van der Waals surface area contributed by atoms with Crippen LogP contribution < -0.4 is 5.32 Å². The second-order valence-corrected chi connectivity index (χ2v) is 2.85. The van der Waals surface area contributed by atoms with Crippen LogP contribution in [0.3, 0.4) is 0 Å². The quantitative estimate of drug-likeness (QED) is 0.742. The summed E-state index contributed by atoms with van der Waals surface area (Å²) in [5.74, 6) is -0.0257. The SMILES string of the molecule is Cc1ccc(NC(=O)C[S])cc1. The molecule has 1 rings (SSSR count). The van der Waals surface area contributed by atoms with Crippen LogP contribution in [-0.4, -0.2) is 11.7 Å². The molecule has 0 atom stereocenters. The summed E-state index contributed by atoms with van der Waals surface area (Å²) in [4.78, 5) is 10.9. The Morgan fingerprint density at radius 1 is 1.42 bits per heavy atom. The van der Waals surface area contributed by atoms with Crippen LogP contribution in [0.5, 0.6) is 0 Å². The predicted molar refractivity (Wildman–Crippen MR) is 52.3 cm³/mol. The molecular formula is C9H10NOS. The lowest BCUT2D eigenvalue weighted by Gasteiger charge is -2.02. The van der Waals surface area contributed by atoms with E-state index in [4.69, 9.17) is 0 Å². The smallest absolute Gasteiger partial charge is 0.235 e. The molecule has 1 radical (unpaired) electrons. The highest BCUT2D eigenvalue weighted by atomic mass is 32.1. The normalized spacial score (nSPS) is 9.50. The zero-order chi connectivity index (χ0) is 8.97. The van der Waals surface area contributed by atoms with Crippen LogP contribution in [0.15, 0.2) is 24.3 Å². The van der Waals surface area contributed by atoms with Crippen LogP contribution in [0.25, 0.3) is 0 Å². The molecule has 0 aliphatic rings. The lowest BCUT2D eigenvalue weighted by Crippen LogP contribution is -2.12. The molecule has 0 aliphatic carbocycles. The molecule has 0 fully saturated rings. The van der Waals surface area contributed by atoms with Gasteiger partial charge in [-0.05, 0) is 19.1 Å². The molecule has 1 N–H and O–H groups in total. The number of amides is 1. The molecule has 1 aromatic rings. The van der Waals surface area contributed by atoms with E-state index >= 15 is 0 Å². The molecule has 0 aromatic heterocycles. The number of aryl methyl sites for hydroxylation is 1. The van der Waals surface area contributed by atoms with Gasteiger partial charge in [0.25, 0.3) is 0 Å². The molecule has 1 aromatic carbocycles. The monoisotopic (exact) mass is 180 g/mol. The van der Waals surface area contributed by atoms with Crippen molar-refractivity contribution in [3.63, 3.8) is 0 Å². The maximum Gasteiger partial charge on any atom is 0.235 e. The highest BCUT2D eigenvalue weighted by molar-refractivity contribution is 7.81. The Hall–Kier alpha value is -0.960. The molecule has 1 amide bonds. The van der Waals surface area contributed by atoms with Crippen LogP contribution in [0.1, 0.15) is 5.56 Å². The summed E-state index contributed by atoms with van der Waals surface area (Å²) in [6, 6.07) is 7.61. The average Bonchev–Trinajstić information content (AvgIpc) is 2.09. The second-order valence-electron chi connectivity index (χ2n) is 2.56. The Labute approximate surface area is 77.4 Å². The summed E-state index contributed by atoms with van der Waals surface area (Å²) in [5, 5.41) is 2.68. The van der Waals surface area contributed by atoms with E-state index in [0.717, 1.165) is 5.69 Å². The molecular weight excluding hydrogens is 170 g/mol. The fourth-order valence-corrected chi connectivity index (χ4v) is 0.906. The molecule has 63 valence electrons. The van der Waals surface area contributed by atoms with Crippen LogP contribution in [0.4, 0.5) is 5.69 Å². The zero-order valence-corrected chi connectivity index (χ0v) is 7.65. The van der Waals surface area contributed by atoms with E-state index in [1.807, 2.05) is 31.2 Å². The summed E-state index contributed by atoms with van der Waals surface area (Å²) < 4.78 is 0. The van der Waals surface area contributed by atoms with Gasteiger partial charge < -0.3 is 5.32 Å². The van der Waals surface area contributed by atoms with Gasteiger partial charge in [0.2, 0.25) is 5.91 Å². The van der Waals surface area contributed by atoms with Gasteiger partial charge in [0.05, 0.1) is 5.75 Å². The van der Waals surface area contributed by atoms with Crippen LogP contribution >= 0.6 is 12.6 Å². The largest absolute Gasteiger partial charge is 0.325 e. The van der Waals surface area contributed by atoms with E-state index in [1.54, 1.807) is 0 Å². The van der Waals surface area contributed by atoms with Crippen molar-refractivity contribution in [1.29, 1.82) is 0 Å². The van der Waals surface area contributed by atoms with E-state index in [1.165, 1.54) is 5.56 Å². The van der Waals surface area contributed by atoms with Gasteiger partial charge in [-0.15, -0.1) is 0 Å². The predicted octanol–water partition coefficient (Wildman–Crippen LogP) is 2.13. The minimum absolute atomic E-state index is 0.105. The molecule has 0 unspecified atom stereocenters. The molecule has 0 heterocycles. The first kappa shape index (κ1) is 9.13. The standard InChI is InChI=1S/C9H10NOS/c1-7-2-4-8(5-3-7)10-9(11)6-12/h2-5H,6H2,1H3,(H,10,11). The number of hydrogen-bond acceptors (Lipinski definition) is 1. The third-order valence-electron chi connectivity index (χ3n) is 1.47. The molecule has 3 heteroatoms. The first-order chi connectivity index (χ1) is 5.72. The van der Waals surface area contributed by atoms with E-state index in [9.17, 15) is 4.79 Å². The summed E-state index contributed by atoms with van der Waals surface area (Å²) in [6.07, 6.45) is 0. The number of hydrogen-bond donors (Lipinski definition) is 1. The van der Waals surface area contributed by atoms with Gasteiger partial charge in [-0.3, -0.25) is 4.79 Å². The number of carbonyl (C=O) groups excluding carboxylic acids is 1. The second kappa shape index (κ2) is 4.16. The molecule has 0 aliphatic heterocycles. The van der Waals surface area contributed by atoms with E-state index in [-0.39, 0.29) is 11.7 Å². The van der Waals surface area contributed by atoms with Gasteiger partial charge in [-0.25, -0.2) is 0 Å². The Morgan fingerprint density at radius 2 is 2.00 bits per heavy atom. The average molecular weight is 180 g/mol. The molecule has 2 nitrogen and oxygen atoms in total. The topological polar surface area (TPSA) is 29.1 Å². The van der Waals surface area contributed by atoms with Gasteiger partial charge in [-0.1, -0.05) is 30.3 Å². The number of anilines is 1. The van der Waals surface area contributed by atoms with Crippen molar-refractivity contribution in [2.75, 3.05) is 11.1 Å². The minimum atomic E-state index is -0.131. The first-order valence-electron chi connectivity index (χ1n) is 3.67. The van der Waals surface area contributed by atoms with Crippen molar-refractivity contribution in [1.82, 2.24) is 0 Å². The highest BCUT2D eigenvalue weighted by Gasteiger charge is 1.97. The third kappa shape index (κ3) is 2.58. The van der Waals surface area contributed by atoms with Gasteiger partial charge in [0, 0.05) is 5.69 Å². The summed E-state index contributed by atoms with van der Waals surface area (Å²) in [6.45, 7) is 2.00. The van der Waals surface area contributed by atoms with Crippen molar-refractivity contribution in [2.24, 2.45) is 0 Å². The minimum Gasteiger partial charge on any atom is -0.325 e. The summed E-state index contributed by atoms with van der Waals surface area (Å²) in [7, 11) is 0. The van der Waals surface area contributed by atoms with Crippen molar-refractivity contribution < 1.29 is 4.79 Å². The number of nitrogens with one attached hydrogen (secondary N) is 1. The van der Waals surface area contributed by atoms with Gasteiger partial charge in [0.1, 0.15) is 0 Å². The Morgan fingerprint density at radius 3 is 2.50 bits per heavy atom. The van der Waals surface area contributed by atoms with Crippen LogP contribution in [0, 0.1) is 6.92 Å². The maximum absolute atomic E-state index is 10.9. The summed E-state index contributed by atoms with van der Waals surface area (Å²) >= 11 is 4.59. The molecule has 12 heavy (non-hydrogen) atoms. The van der Waals surface area contributed by atoms with Gasteiger partial charge >= 0.3 is 0 Å². The molecule has 0 saturated carbocycles. The number of benzene rings is 1. The lowest BCUT2D eigenvalue weighted by atomic mass is 10.2. The number of carbonyl (C=O) groups is 1. The van der Waals surface area contributed by atoms with Crippen molar-refractivity contribution in [2.45, 2.75) is 6.92 Å². The Kier molecular flexibility index (Phi) is 3.17. The molecule has 0 saturated heterocycles. The number of rotatable bonds is 2. The van der Waals surface area contributed by atoms with Crippen molar-refractivity contribution in [3.8, 4) is 0 Å². The lowest BCUT2D eigenvalue weighted by molar-refractivity contribution is -0.113. The van der Waals surface area contributed by atoms with Crippen LogP contribution in [-0.2, 0) is 4.79 Å². The fourth-order valence-electron chi connectivity index (χ4n) is 0.834. The first-order valence-corrected chi connectivity index (χ1v) is 4.25. The zero-order valence-electron chi connectivity index (χ0n) is 6.83. The van der Waals surface area contributed by atoms with E-state index in [2.05, 4.69) is 17.9 Å². The van der Waals surface area contributed by atoms with Gasteiger partial charge in [0.15, 0.2) is 0 Å². The molecule has 0 bridgehead atoms. The van der Waals surface area contributed by atoms with Crippen LogP contribution in [0.2, 0.25) is 0 Å². The fraction of sp³-hybridized carbons (Fsp3) is 0.222. The third-order valence-corrected chi connectivity index (χ3v) is 1.73. The van der Waals surface area contributed by atoms with Gasteiger partial charge in [-0.2, -0.15) is 0 Å². The Balaban J connectivity index is 2.64. The van der Waals surface area contributed by atoms with Crippen molar-refractivity contribution in [3.05, 3.63) is 29.8 Å². The highest BCUT2D eigenvalue weighted by Crippen LogP contribution is 2.08. The summed E-state index contributed by atoms with van der Waals surface area (Å²) in [5.41, 5.74) is 1.97. The maximum atomic E-state index is 10.9. The molecule has 0 spiro atoms. The van der Waals surface area contributed by atoms with E-state index < -0.39 is 0 Å². The van der Waals surface area contributed by atoms with E-state index in [0.29, 0.717) is 0 Å². The van der Waals surface area contributed by atoms with Crippen molar-refractivity contribution >= 4 is 24.2 Å².